The smallest absolute Gasteiger partial charge is 0.256 e. The van der Waals surface area contributed by atoms with Crippen molar-refractivity contribution >= 4 is 53.8 Å². The lowest BCUT2D eigenvalue weighted by atomic mass is 10.1. The molecule has 0 aromatic heterocycles. The summed E-state index contributed by atoms with van der Waals surface area (Å²) in [5.74, 6) is 0.926. The molecule has 3 aliphatic heterocycles. The SMILES string of the molecule is COc1ccccc1N1CCN(S(=O)(=O)c2cc(S(=O)(=O)N3CCN(c4ccccc4OC)CC3)c3cccc4c3c2NC4=O)CC1. The summed E-state index contributed by atoms with van der Waals surface area (Å²) in [6, 6.07) is 21.2. The van der Waals surface area contributed by atoms with Crippen LogP contribution in [-0.4, -0.2) is 97.9 Å². The van der Waals surface area contributed by atoms with Crippen LogP contribution in [0.4, 0.5) is 17.1 Å². The van der Waals surface area contributed by atoms with Crippen molar-refractivity contribution in [2.24, 2.45) is 0 Å². The summed E-state index contributed by atoms with van der Waals surface area (Å²) in [5.41, 5.74) is 2.11. The minimum Gasteiger partial charge on any atom is -0.495 e. The molecule has 0 bridgehead atoms. The second-order valence-corrected chi connectivity index (χ2v) is 15.4. The van der Waals surface area contributed by atoms with Crippen molar-refractivity contribution < 1.29 is 31.1 Å². The number of amides is 1. The second-order valence-electron chi connectivity index (χ2n) is 11.6. The molecule has 3 aliphatic rings. The number of hydrogen-bond donors (Lipinski definition) is 1. The Bertz CT molecular complexity index is 2090. The number of carbonyl (C=O) groups is 1. The first kappa shape index (κ1) is 31.2. The molecule has 0 saturated carbocycles. The molecule has 0 atom stereocenters. The van der Waals surface area contributed by atoms with Crippen molar-refractivity contribution in [1.82, 2.24) is 8.61 Å². The van der Waals surface area contributed by atoms with E-state index in [0.717, 1.165) is 11.4 Å². The van der Waals surface area contributed by atoms with Gasteiger partial charge in [-0.05, 0) is 36.4 Å². The summed E-state index contributed by atoms with van der Waals surface area (Å²) < 4.78 is 71.1. The summed E-state index contributed by atoms with van der Waals surface area (Å²) in [7, 11) is -5.19. The van der Waals surface area contributed by atoms with E-state index in [1.807, 2.05) is 48.5 Å². The van der Waals surface area contributed by atoms with Crippen LogP contribution in [0.5, 0.6) is 11.5 Å². The first-order valence-corrected chi connectivity index (χ1v) is 18.2. The summed E-state index contributed by atoms with van der Waals surface area (Å²) in [5, 5.41) is 3.34. The lowest BCUT2D eigenvalue weighted by Crippen LogP contribution is -2.49. The third-order valence-electron chi connectivity index (χ3n) is 9.14. The van der Waals surface area contributed by atoms with Crippen LogP contribution in [0.1, 0.15) is 10.4 Å². The first-order valence-electron chi connectivity index (χ1n) is 15.3. The van der Waals surface area contributed by atoms with E-state index in [0.29, 0.717) is 48.5 Å². The standard InChI is InChI=1S/C33H35N5O7S2/c1-44-27-12-5-3-10-25(27)35-14-18-37(19-15-35)46(40,41)29-22-30(32-31-23(29)8-7-9-24(31)33(39)34-32)47(42,43)38-20-16-36(17-21-38)26-11-4-6-13-28(26)45-2/h3-13,22H,14-21H2,1-2H3,(H,34,39). The first-order chi connectivity index (χ1) is 22.6. The van der Waals surface area contributed by atoms with Gasteiger partial charge >= 0.3 is 0 Å². The van der Waals surface area contributed by atoms with Crippen molar-refractivity contribution in [3.8, 4) is 11.5 Å². The third kappa shape index (κ3) is 5.25. The Balaban J connectivity index is 1.22. The largest absolute Gasteiger partial charge is 0.495 e. The molecule has 4 aromatic rings. The lowest BCUT2D eigenvalue weighted by molar-refractivity contribution is 0.103. The number of rotatable bonds is 8. The minimum absolute atomic E-state index is 0.118. The number of sulfonamides is 2. The van der Waals surface area contributed by atoms with Gasteiger partial charge in [0.2, 0.25) is 20.0 Å². The number of carbonyl (C=O) groups excluding carboxylic acids is 1. The number of piperazine rings is 2. The predicted octanol–water partition coefficient (Wildman–Crippen LogP) is 3.44. The van der Waals surface area contributed by atoms with Crippen LogP contribution in [0, 0.1) is 0 Å². The van der Waals surface area contributed by atoms with Crippen molar-refractivity contribution in [2.75, 3.05) is 81.7 Å². The molecule has 0 unspecified atom stereocenters. The van der Waals surface area contributed by atoms with Crippen LogP contribution < -0.4 is 24.6 Å². The van der Waals surface area contributed by atoms with Gasteiger partial charge in [-0.3, -0.25) is 4.79 Å². The Morgan fingerprint density at radius 3 is 1.62 bits per heavy atom. The second kappa shape index (κ2) is 12.0. The summed E-state index contributed by atoms with van der Waals surface area (Å²) >= 11 is 0. The van der Waals surface area contributed by atoms with Crippen LogP contribution in [0.3, 0.4) is 0 Å². The van der Waals surface area contributed by atoms with Crippen molar-refractivity contribution in [1.29, 1.82) is 0 Å². The van der Waals surface area contributed by atoms with Crippen LogP contribution in [0.15, 0.2) is 82.6 Å². The zero-order valence-electron chi connectivity index (χ0n) is 26.0. The molecule has 12 nitrogen and oxygen atoms in total. The van der Waals surface area contributed by atoms with Gasteiger partial charge in [-0.1, -0.05) is 36.4 Å². The van der Waals surface area contributed by atoms with Gasteiger partial charge in [-0.15, -0.1) is 0 Å². The fourth-order valence-corrected chi connectivity index (χ4v) is 10.0. The normalized spacial score (nSPS) is 17.6. The Labute approximate surface area is 274 Å². The summed E-state index contributed by atoms with van der Waals surface area (Å²) in [6.45, 7) is 2.36. The number of para-hydroxylation sites is 4. The average molecular weight is 678 g/mol. The van der Waals surface area contributed by atoms with Crippen LogP contribution in [0.2, 0.25) is 0 Å². The van der Waals surface area contributed by atoms with E-state index in [9.17, 15) is 21.6 Å². The van der Waals surface area contributed by atoms with Gasteiger partial charge in [-0.2, -0.15) is 8.61 Å². The number of ether oxygens (including phenoxy) is 2. The molecule has 0 radical (unpaired) electrons. The average Bonchev–Trinajstić information content (AvgIpc) is 3.45. The van der Waals surface area contributed by atoms with E-state index in [1.54, 1.807) is 32.4 Å². The number of anilines is 3. The molecule has 3 heterocycles. The van der Waals surface area contributed by atoms with Gasteiger partial charge in [0.25, 0.3) is 5.91 Å². The van der Waals surface area contributed by atoms with Crippen molar-refractivity contribution in [3.05, 3.63) is 78.4 Å². The Kier molecular flexibility index (Phi) is 7.99. The molecule has 0 aliphatic carbocycles. The van der Waals surface area contributed by atoms with Gasteiger partial charge in [-0.25, -0.2) is 16.8 Å². The highest BCUT2D eigenvalue weighted by molar-refractivity contribution is 7.90. The lowest BCUT2D eigenvalue weighted by Gasteiger charge is -2.37. The van der Waals surface area contributed by atoms with E-state index in [-0.39, 0.29) is 47.2 Å². The van der Waals surface area contributed by atoms with E-state index < -0.39 is 26.0 Å². The van der Waals surface area contributed by atoms with Gasteiger partial charge < -0.3 is 24.6 Å². The molecular weight excluding hydrogens is 643 g/mol. The Morgan fingerprint density at radius 1 is 0.617 bits per heavy atom. The van der Waals surface area contributed by atoms with Crippen LogP contribution >= 0.6 is 0 Å². The molecule has 47 heavy (non-hydrogen) atoms. The molecule has 4 aromatic carbocycles. The number of methoxy groups -OCH3 is 2. The predicted molar refractivity (Wildman–Crippen MR) is 180 cm³/mol. The van der Waals surface area contributed by atoms with E-state index in [1.165, 1.54) is 14.7 Å². The zero-order chi connectivity index (χ0) is 32.9. The van der Waals surface area contributed by atoms with Crippen molar-refractivity contribution in [2.45, 2.75) is 9.79 Å². The Morgan fingerprint density at radius 2 is 1.11 bits per heavy atom. The third-order valence-corrected chi connectivity index (χ3v) is 13.0. The van der Waals surface area contributed by atoms with Gasteiger partial charge in [0.1, 0.15) is 16.4 Å². The van der Waals surface area contributed by atoms with E-state index in [2.05, 4.69) is 15.1 Å². The summed E-state index contributed by atoms with van der Waals surface area (Å²) in [4.78, 5) is 16.8. The molecular formula is C33H35N5O7S2. The minimum atomic E-state index is -4.22. The fraction of sp³-hybridized carbons (Fsp3) is 0.303. The molecule has 14 heteroatoms. The molecule has 1 N–H and O–H groups in total. The summed E-state index contributed by atoms with van der Waals surface area (Å²) in [6.07, 6.45) is 0. The molecule has 7 rings (SSSR count). The van der Waals surface area contributed by atoms with Gasteiger partial charge in [0.15, 0.2) is 0 Å². The van der Waals surface area contributed by atoms with Crippen LogP contribution in [-0.2, 0) is 20.0 Å². The maximum atomic E-state index is 14.4. The molecule has 2 saturated heterocycles. The van der Waals surface area contributed by atoms with Gasteiger partial charge in [0.05, 0.1) is 36.2 Å². The topological polar surface area (TPSA) is 129 Å². The maximum absolute atomic E-state index is 14.4. The highest BCUT2D eigenvalue weighted by atomic mass is 32.2. The molecule has 0 spiro atoms. The van der Waals surface area contributed by atoms with E-state index >= 15 is 0 Å². The molecule has 1 amide bonds. The number of hydrogen-bond acceptors (Lipinski definition) is 9. The highest BCUT2D eigenvalue weighted by Crippen LogP contribution is 2.43. The number of benzene rings is 4. The van der Waals surface area contributed by atoms with Gasteiger partial charge in [0, 0.05) is 68.7 Å². The fourth-order valence-electron chi connectivity index (χ4n) is 6.73. The van der Waals surface area contributed by atoms with E-state index in [4.69, 9.17) is 9.47 Å². The van der Waals surface area contributed by atoms with Crippen LogP contribution in [0.25, 0.3) is 10.8 Å². The monoisotopic (exact) mass is 677 g/mol. The highest BCUT2D eigenvalue weighted by Gasteiger charge is 2.39. The number of nitrogens with zero attached hydrogens (tertiary/aromatic N) is 4. The van der Waals surface area contributed by atoms with Crippen molar-refractivity contribution in [3.63, 3.8) is 0 Å². The zero-order valence-corrected chi connectivity index (χ0v) is 27.7. The molecule has 2 fully saturated rings. The quantitative estimate of drug-likeness (QED) is 0.298. The number of nitrogens with one attached hydrogen (secondary N) is 1. The maximum Gasteiger partial charge on any atom is 0.256 e. The molecule has 246 valence electrons. The Hall–Kier alpha value is -4.37.